The highest BCUT2D eigenvalue weighted by atomic mass is 79.9. The molecule has 3 rings (SSSR count). The van der Waals surface area contributed by atoms with Crippen LogP contribution in [0.5, 0.6) is 0 Å². The second kappa shape index (κ2) is 7.75. The minimum absolute atomic E-state index is 0.0578. The maximum Gasteiger partial charge on any atom is 0.255 e. The molecule has 2 aromatic carbocycles. The first-order valence-electron chi connectivity index (χ1n) is 8.27. The van der Waals surface area contributed by atoms with Crippen molar-refractivity contribution in [2.24, 2.45) is 0 Å². The molecule has 0 radical (unpaired) electrons. The molecule has 0 saturated carbocycles. The summed E-state index contributed by atoms with van der Waals surface area (Å²) in [7, 11) is 0. The SMILES string of the molecule is Cc1nn(Cc2ccc(C(=O)Nc3ccccc3C(=O)[O-])cc2)c(C)c1Br. The van der Waals surface area contributed by atoms with Gasteiger partial charge in [-0.15, -0.1) is 0 Å². The van der Waals surface area contributed by atoms with E-state index >= 15 is 0 Å². The van der Waals surface area contributed by atoms with Gasteiger partial charge in [-0.05, 0) is 53.5 Å². The molecule has 0 unspecified atom stereocenters. The van der Waals surface area contributed by atoms with E-state index in [0.29, 0.717) is 12.1 Å². The Balaban J connectivity index is 1.74. The molecule has 3 aromatic rings. The fourth-order valence-electron chi connectivity index (χ4n) is 2.73. The zero-order valence-electron chi connectivity index (χ0n) is 14.8. The molecular formula is C20H17BrN3O3-. The predicted octanol–water partition coefficient (Wildman–Crippen LogP) is 2.93. The molecule has 0 spiro atoms. The Morgan fingerprint density at radius 2 is 1.78 bits per heavy atom. The fourth-order valence-corrected chi connectivity index (χ4v) is 3.01. The predicted molar refractivity (Wildman–Crippen MR) is 104 cm³/mol. The number of rotatable bonds is 5. The van der Waals surface area contributed by atoms with Crippen LogP contribution in [0.2, 0.25) is 0 Å². The van der Waals surface area contributed by atoms with E-state index in [1.54, 1.807) is 24.3 Å². The number of carboxylic acids is 1. The molecule has 0 aliphatic rings. The smallest absolute Gasteiger partial charge is 0.255 e. The number of carbonyl (C=O) groups is 2. The number of aromatic carboxylic acids is 1. The maximum atomic E-state index is 12.4. The molecule has 0 fully saturated rings. The number of benzene rings is 2. The van der Waals surface area contributed by atoms with Crippen LogP contribution in [-0.2, 0) is 6.54 Å². The number of aryl methyl sites for hydroxylation is 1. The van der Waals surface area contributed by atoms with Crippen molar-refractivity contribution in [2.75, 3.05) is 5.32 Å². The average molecular weight is 427 g/mol. The van der Waals surface area contributed by atoms with Gasteiger partial charge in [0.2, 0.25) is 0 Å². The molecule has 0 saturated heterocycles. The second-order valence-corrected chi connectivity index (χ2v) is 6.92. The molecular weight excluding hydrogens is 410 g/mol. The first-order valence-corrected chi connectivity index (χ1v) is 9.06. The van der Waals surface area contributed by atoms with Crippen LogP contribution in [0, 0.1) is 13.8 Å². The van der Waals surface area contributed by atoms with E-state index in [1.807, 2.05) is 30.7 Å². The summed E-state index contributed by atoms with van der Waals surface area (Å²) in [5, 5.41) is 18.2. The molecule has 0 bridgehead atoms. The van der Waals surface area contributed by atoms with Gasteiger partial charge in [-0.25, -0.2) is 0 Å². The molecule has 1 aromatic heterocycles. The second-order valence-electron chi connectivity index (χ2n) is 6.13. The number of carbonyl (C=O) groups excluding carboxylic acids is 2. The summed E-state index contributed by atoms with van der Waals surface area (Å²) >= 11 is 3.51. The van der Waals surface area contributed by atoms with E-state index in [9.17, 15) is 14.7 Å². The largest absolute Gasteiger partial charge is 0.545 e. The normalized spacial score (nSPS) is 10.6. The Hall–Kier alpha value is -2.93. The summed E-state index contributed by atoms with van der Waals surface area (Å²) in [4.78, 5) is 23.5. The van der Waals surface area contributed by atoms with Gasteiger partial charge >= 0.3 is 0 Å². The minimum Gasteiger partial charge on any atom is -0.545 e. The van der Waals surface area contributed by atoms with Crippen LogP contribution < -0.4 is 10.4 Å². The van der Waals surface area contributed by atoms with E-state index in [2.05, 4.69) is 26.3 Å². The molecule has 1 heterocycles. The molecule has 6 nitrogen and oxygen atoms in total. The lowest BCUT2D eigenvalue weighted by molar-refractivity contribution is -0.254. The molecule has 7 heteroatoms. The van der Waals surface area contributed by atoms with Crippen molar-refractivity contribution in [1.82, 2.24) is 9.78 Å². The Labute approximate surface area is 165 Å². The molecule has 138 valence electrons. The number of hydrogen-bond acceptors (Lipinski definition) is 4. The van der Waals surface area contributed by atoms with E-state index in [1.165, 1.54) is 12.1 Å². The number of carboxylic acid groups (broad SMARTS) is 1. The number of halogens is 1. The number of aromatic nitrogens is 2. The lowest BCUT2D eigenvalue weighted by atomic mass is 10.1. The van der Waals surface area contributed by atoms with Gasteiger partial charge in [0, 0.05) is 11.1 Å². The van der Waals surface area contributed by atoms with Crippen molar-refractivity contribution in [2.45, 2.75) is 20.4 Å². The Bertz CT molecular complexity index is 1010. The number of nitrogens with one attached hydrogen (secondary N) is 1. The van der Waals surface area contributed by atoms with Gasteiger partial charge in [-0.1, -0.05) is 30.3 Å². The third kappa shape index (κ3) is 4.09. The highest BCUT2D eigenvalue weighted by Crippen LogP contribution is 2.21. The zero-order valence-corrected chi connectivity index (χ0v) is 16.4. The van der Waals surface area contributed by atoms with Crippen molar-refractivity contribution < 1.29 is 14.7 Å². The van der Waals surface area contributed by atoms with Crippen LogP contribution in [0.15, 0.2) is 53.0 Å². The minimum atomic E-state index is -1.34. The Kier molecular flexibility index (Phi) is 5.41. The van der Waals surface area contributed by atoms with Crippen LogP contribution in [0.3, 0.4) is 0 Å². The van der Waals surface area contributed by atoms with Crippen LogP contribution in [0.1, 0.15) is 37.7 Å². The van der Waals surface area contributed by atoms with Crippen LogP contribution in [0.25, 0.3) is 0 Å². The van der Waals surface area contributed by atoms with E-state index < -0.39 is 5.97 Å². The molecule has 27 heavy (non-hydrogen) atoms. The maximum absolute atomic E-state index is 12.4. The van der Waals surface area contributed by atoms with Crippen LogP contribution in [0.4, 0.5) is 5.69 Å². The van der Waals surface area contributed by atoms with Crippen molar-refractivity contribution in [1.29, 1.82) is 0 Å². The number of anilines is 1. The third-order valence-electron chi connectivity index (χ3n) is 4.24. The van der Waals surface area contributed by atoms with Gasteiger partial charge in [-0.2, -0.15) is 5.10 Å². The quantitative estimate of drug-likeness (QED) is 0.679. The standard InChI is InChI=1S/C20H18BrN3O3/c1-12-18(21)13(2)24(23-12)11-14-7-9-15(10-8-14)19(25)22-17-6-4-3-5-16(17)20(26)27/h3-10H,11H2,1-2H3,(H,22,25)(H,26,27)/p-1. The van der Waals surface area contributed by atoms with Crippen LogP contribution >= 0.6 is 15.9 Å². The summed E-state index contributed by atoms with van der Waals surface area (Å²) in [6.07, 6.45) is 0. The van der Waals surface area contributed by atoms with Crippen molar-refractivity contribution in [3.05, 3.63) is 81.1 Å². The number of amides is 1. The summed E-state index contributed by atoms with van der Waals surface area (Å²) < 4.78 is 2.88. The summed E-state index contributed by atoms with van der Waals surface area (Å²) in [5.41, 5.74) is 3.54. The lowest BCUT2D eigenvalue weighted by Crippen LogP contribution is -2.24. The van der Waals surface area contributed by atoms with Gasteiger partial charge < -0.3 is 15.2 Å². The molecule has 1 amide bonds. The highest BCUT2D eigenvalue weighted by Gasteiger charge is 2.11. The first-order chi connectivity index (χ1) is 12.9. The number of nitrogens with zero attached hydrogens (tertiary/aromatic N) is 2. The molecule has 1 N–H and O–H groups in total. The topological polar surface area (TPSA) is 87.0 Å². The number of para-hydroxylation sites is 1. The number of hydrogen-bond donors (Lipinski definition) is 1. The van der Waals surface area contributed by atoms with E-state index in [0.717, 1.165) is 21.4 Å². The fraction of sp³-hybridized carbons (Fsp3) is 0.150. The van der Waals surface area contributed by atoms with Gasteiger partial charge in [0.25, 0.3) is 5.91 Å². The van der Waals surface area contributed by atoms with Gasteiger partial charge in [0.1, 0.15) is 0 Å². The summed E-state index contributed by atoms with van der Waals surface area (Å²) in [6.45, 7) is 4.51. The molecule has 0 aliphatic carbocycles. The third-order valence-corrected chi connectivity index (χ3v) is 5.38. The summed E-state index contributed by atoms with van der Waals surface area (Å²) in [6, 6.07) is 13.2. The average Bonchev–Trinajstić information content (AvgIpc) is 2.89. The van der Waals surface area contributed by atoms with Crippen molar-refractivity contribution >= 4 is 33.5 Å². The van der Waals surface area contributed by atoms with Gasteiger partial charge in [-0.3, -0.25) is 9.48 Å². The van der Waals surface area contributed by atoms with E-state index in [4.69, 9.17) is 0 Å². The Morgan fingerprint density at radius 1 is 1.11 bits per heavy atom. The first kappa shape index (κ1) is 18.8. The lowest BCUT2D eigenvalue weighted by Gasteiger charge is -2.12. The zero-order chi connectivity index (χ0) is 19.6. The van der Waals surface area contributed by atoms with E-state index in [-0.39, 0.29) is 17.2 Å². The molecule has 0 atom stereocenters. The van der Waals surface area contributed by atoms with Gasteiger partial charge in [0.05, 0.1) is 34.1 Å². The van der Waals surface area contributed by atoms with Crippen molar-refractivity contribution in [3.63, 3.8) is 0 Å². The highest BCUT2D eigenvalue weighted by molar-refractivity contribution is 9.10. The monoisotopic (exact) mass is 426 g/mol. The molecule has 0 aliphatic heterocycles. The Morgan fingerprint density at radius 3 is 2.37 bits per heavy atom. The van der Waals surface area contributed by atoms with Gasteiger partial charge in [0.15, 0.2) is 0 Å². The summed E-state index contributed by atoms with van der Waals surface area (Å²) in [5.74, 6) is -1.72. The van der Waals surface area contributed by atoms with Crippen molar-refractivity contribution in [3.8, 4) is 0 Å². The van der Waals surface area contributed by atoms with Crippen LogP contribution in [-0.4, -0.2) is 21.7 Å².